The Kier molecular flexibility index (Phi) is 8.05. The van der Waals surface area contributed by atoms with Gasteiger partial charge in [-0.3, -0.25) is 4.79 Å². The van der Waals surface area contributed by atoms with Crippen LogP contribution in [0.4, 0.5) is 5.69 Å². The number of anilines is 1. The molecule has 0 saturated carbocycles. The van der Waals surface area contributed by atoms with Crippen LogP contribution in [0.3, 0.4) is 0 Å². The van der Waals surface area contributed by atoms with Gasteiger partial charge in [-0.05, 0) is 19.1 Å². The molecule has 0 unspecified atom stereocenters. The quantitative estimate of drug-likeness (QED) is 0.543. The van der Waals surface area contributed by atoms with E-state index in [1.165, 1.54) is 0 Å². The van der Waals surface area contributed by atoms with E-state index >= 15 is 0 Å². The van der Waals surface area contributed by atoms with Gasteiger partial charge >= 0.3 is 0 Å². The number of carbonyl (C=O) groups is 1. The van der Waals surface area contributed by atoms with E-state index < -0.39 is 12.1 Å². The van der Waals surface area contributed by atoms with Gasteiger partial charge in [-0.2, -0.15) is 0 Å². The van der Waals surface area contributed by atoms with Crippen LogP contribution in [-0.2, 0) is 4.79 Å². The van der Waals surface area contributed by atoms with Gasteiger partial charge in [-0.1, -0.05) is 18.2 Å². The second kappa shape index (κ2) is 8.84. The zero-order valence-electron chi connectivity index (χ0n) is 9.13. The SMILES string of the molecule is CC(=O)C(O)O.OCCNc1ccccc1. The van der Waals surface area contributed by atoms with Gasteiger partial charge in [0.1, 0.15) is 0 Å². The van der Waals surface area contributed by atoms with Crippen molar-refractivity contribution in [3.8, 4) is 0 Å². The minimum absolute atomic E-state index is 0.175. The third-order valence-electron chi connectivity index (χ3n) is 1.58. The Morgan fingerprint density at radius 3 is 2.19 bits per heavy atom. The zero-order chi connectivity index (χ0) is 12.4. The number of rotatable bonds is 4. The average Bonchev–Trinajstić information content (AvgIpc) is 2.28. The van der Waals surface area contributed by atoms with Crippen molar-refractivity contribution in [1.82, 2.24) is 0 Å². The fourth-order valence-corrected chi connectivity index (χ4v) is 0.756. The standard InChI is InChI=1S/C8H11NO.C3H6O3/c10-7-6-9-8-4-2-1-3-5-8;1-2(4)3(5)6/h1-5,9-10H,6-7H2;3,5-6H,1H3. The number of carbonyl (C=O) groups excluding carboxylic acids is 1. The normalized spacial score (nSPS) is 9.31. The van der Waals surface area contributed by atoms with Crippen LogP contribution in [0.15, 0.2) is 30.3 Å². The predicted octanol–water partition coefficient (Wildman–Crippen LogP) is -0.0231. The van der Waals surface area contributed by atoms with Crippen LogP contribution >= 0.6 is 0 Å². The summed E-state index contributed by atoms with van der Waals surface area (Å²) in [5.74, 6) is -0.630. The van der Waals surface area contributed by atoms with Gasteiger partial charge in [0.15, 0.2) is 5.78 Å². The largest absolute Gasteiger partial charge is 0.395 e. The first-order valence-electron chi connectivity index (χ1n) is 4.84. The van der Waals surface area contributed by atoms with Crippen LogP contribution in [0.2, 0.25) is 0 Å². The number of nitrogens with one attached hydrogen (secondary N) is 1. The van der Waals surface area contributed by atoms with E-state index in [4.69, 9.17) is 15.3 Å². The van der Waals surface area contributed by atoms with Crippen LogP contribution in [0.5, 0.6) is 0 Å². The molecular formula is C11H17NO4. The van der Waals surface area contributed by atoms with Crippen LogP contribution in [0.25, 0.3) is 0 Å². The van der Waals surface area contributed by atoms with Crippen molar-refractivity contribution in [2.45, 2.75) is 13.2 Å². The number of para-hydroxylation sites is 1. The van der Waals surface area contributed by atoms with Crippen molar-refractivity contribution in [2.24, 2.45) is 0 Å². The lowest BCUT2D eigenvalue weighted by Gasteiger charge is -2.01. The molecular weight excluding hydrogens is 210 g/mol. The summed E-state index contributed by atoms with van der Waals surface area (Å²) in [6.07, 6.45) is -1.79. The Bertz CT molecular complexity index is 287. The Morgan fingerprint density at radius 2 is 1.81 bits per heavy atom. The summed E-state index contributed by atoms with van der Waals surface area (Å²) in [6, 6.07) is 9.81. The number of aliphatic hydroxyl groups excluding tert-OH is 2. The predicted molar refractivity (Wildman–Crippen MR) is 60.9 cm³/mol. The van der Waals surface area contributed by atoms with Crippen LogP contribution in [0.1, 0.15) is 6.92 Å². The van der Waals surface area contributed by atoms with E-state index in [9.17, 15) is 4.79 Å². The van der Waals surface area contributed by atoms with Crippen LogP contribution < -0.4 is 5.32 Å². The smallest absolute Gasteiger partial charge is 0.212 e. The third-order valence-corrected chi connectivity index (χ3v) is 1.58. The summed E-state index contributed by atoms with van der Waals surface area (Å²) in [6.45, 7) is 1.89. The summed E-state index contributed by atoms with van der Waals surface area (Å²) in [7, 11) is 0. The van der Waals surface area contributed by atoms with E-state index in [1.807, 2.05) is 30.3 Å². The molecule has 90 valence electrons. The summed E-state index contributed by atoms with van der Waals surface area (Å²) >= 11 is 0. The Morgan fingerprint density at radius 1 is 1.31 bits per heavy atom. The second-order valence-corrected chi connectivity index (χ2v) is 3.00. The second-order valence-electron chi connectivity index (χ2n) is 3.00. The fourth-order valence-electron chi connectivity index (χ4n) is 0.756. The lowest BCUT2D eigenvalue weighted by atomic mass is 10.3. The monoisotopic (exact) mass is 227 g/mol. The van der Waals surface area contributed by atoms with Gasteiger partial charge in [0.05, 0.1) is 6.61 Å². The number of Topliss-reactive ketones (excluding diaryl/α,β-unsaturated/α-hetero) is 1. The summed E-state index contributed by atoms with van der Waals surface area (Å²) in [5, 5.41) is 27.2. The van der Waals surface area contributed by atoms with Crippen LogP contribution in [0, 0.1) is 0 Å². The molecule has 0 amide bonds. The van der Waals surface area contributed by atoms with Crippen molar-refractivity contribution in [1.29, 1.82) is 0 Å². The molecule has 1 rings (SSSR count). The molecule has 0 saturated heterocycles. The fraction of sp³-hybridized carbons (Fsp3) is 0.364. The Balaban J connectivity index is 0.000000325. The highest BCUT2D eigenvalue weighted by Crippen LogP contribution is 2.02. The van der Waals surface area contributed by atoms with Crippen molar-refractivity contribution >= 4 is 11.5 Å². The molecule has 0 aliphatic carbocycles. The molecule has 5 heteroatoms. The lowest BCUT2D eigenvalue weighted by Crippen LogP contribution is -2.14. The maximum Gasteiger partial charge on any atom is 0.212 e. The highest BCUT2D eigenvalue weighted by Gasteiger charge is 1.99. The Labute approximate surface area is 94.4 Å². The van der Waals surface area contributed by atoms with Crippen molar-refractivity contribution in [2.75, 3.05) is 18.5 Å². The number of hydrogen-bond acceptors (Lipinski definition) is 5. The molecule has 1 aromatic carbocycles. The first-order valence-corrected chi connectivity index (χ1v) is 4.84. The summed E-state index contributed by atoms with van der Waals surface area (Å²) < 4.78 is 0. The number of ketones is 1. The van der Waals surface area contributed by atoms with Gasteiger partial charge in [0, 0.05) is 12.2 Å². The Hall–Kier alpha value is -1.43. The minimum Gasteiger partial charge on any atom is -0.395 e. The molecule has 0 fully saturated rings. The van der Waals surface area contributed by atoms with E-state index in [-0.39, 0.29) is 6.61 Å². The van der Waals surface area contributed by atoms with Crippen molar-refractivity contribution in [3.63, 3.8) is 0 Å². The molecule has 0 aliphatic rings. The maximum absolute atomic E-state index is 9.64. The van der Waals surface area contributed by atoms with E-state index in [0.29, 0.717) is 6.54 Å². The van der Waals surface area contributed by atoms with E-state index in [2.05, 4.69) is 5.32 Å². The lowest BCUT2D eigenvalue weighted by molar-refractivity contribution is -0.142. The maximum atomic E-state index is 9.64. The molecule has 5 nitrogen and oxygen atoms in total. The highest BCUT2D eigenvalue weighted by atomic mass is 16.5. The molecule has 4 N–H and O–H groups in total. The number of aliphatic hydroxyl groups is 3. The van der Waals surface area contributed by atoms with Crippen LogP contribution in [-0.4, -0.2) is 40.5 Å². The molecule has 0 bridgehead atoms. The summed E-state index contributed by atoms with van der Waals surface area (Å²) in [4.78, 5) is 9.64. The molecule has 0 heterocycles. The minimum atomic E-state index is -1.79. The van der Waals surface area contributed by atoms with Gasteiger partial charge in [-0.15, -0.1) is 0 Å². The number of hydrogen-bond donors (Lipinski definition) is 4. The zero-order valence-corrected chi connectivity index (χ0v) is 9.13. The van der Waals surface area contributed by atoms with E-state index in [0.717, 1.165) is 12.6 Å². The summed E-state index contributed by atoms with van der Waals surface area (Å²) in [5.41, 5.74) is 1.05. The first-order chi connectivity index (χ1) is 7.57. The topological polar surface area (TPSA) is 89.8 Å². The van der Waals surface area contributed by atoms with Gasteiger partial charge < -0.3 is 20.6 Å². The van der Waals surface area contributed by atoms with Gasteiger partial charge in [-0.25, -0.2) is 0 Å². The molecule has 16 heavy (non-hydrogen) atoms. The van der Waals surface area contributed by atoms with Crippen molar-refractivity contribution in [3.05, 3.63) is 30.3 Å². The molecule has 0 aromatic heterocycles. The third kappa shape index (κ3) is 7.93. The highest BCUT2D eigenvalue weighted by molar-refractivity contribution is 5.78. The molecule has 0 spiro atoms. The van der Waals surface area contributed by atoms with Gasteiger partial charge in [0.25, 0.3) is 0 Å². The number of benzene rings is 1. The van der Waals surface area contributed by atoms with E-state index in [1.54, 1.807) is 0 Å². The average molecular weight is 227 g/mol. The molecule has 0 atom stereocenters. The van der Waals surface area contributed by atoms with Crippen molar-refractivity contribution < 1.29 is 20.1 Å². The molecule has 0 aliphatic heterocycles. The molecule has 0 radical (unpaired) electrons. The molecule has 1 aromatic rings. The first kappa shape index (κ1) is 14.6. The van der Waals surface area contributed by atoms with Gasteiger partial charge in [0.2, 0.25) is 6.29 Å².